The van der Waals surface area contributed by atoms with Crippen LogP contribution in [0.4, 0.5) is 0 Å². The third kappa shape index (κ3) is 3.70. The minimum Gasteiger partial charge on any atom is -0.404 e. The molecule has 1 fully saturated rings. The molecular formula is C13H19BrN4. The Morgan fingerprint density at radius 3 is 3.00 bits per heavy atom. The number of nitrogens with two attached hydrogens (primary N) is 1. The highest BCUT2D eigenvalue weighted by Gasteiger charge is 2.19. The highest BCUT2D eigenvalue weighted by Crippen LogP contribution is 2.28. The Morgan fingerprint density at radius 2 is 2.44 bits per heavy atom. The highest BCUT2D eigenvalue weighted by molar-refractivity contribution is 9.10. The molecule has 1 aromatic heterocycles. The van der Waals surface area contributed by atoms with Crippen molar-refractivity contribution >= 4 is 22.1 Å². The molecule has 1 aliphatic rings. The first-order valence-electron chi connectivity index (χ1n) is 6.35. The van der Waals surface area contributed by atoms with Crippen LogP contribution in [0, 0.1) is 5.92 Å². The molecule has 2 rings (SSSR count). The van der Waals surface area contributed by atoms with E-state index in [9.17, 15) is 0 Å². The first-order valence-corrected chi connectivity index (χ1v) is 7.14. The number of hydrogen-bond donors (Lipinski definition) is 1. The third-order valence-corrected chi connectivity index (χ3v) is 3.70. The number of allylic oxidation sites excluding steroid dienone is 1. The van der Waals surface area contributed by atoms with E-state index in [1.165, 1.54) is 12.8 Å². The van der Waals surface area contributed by atoms with Gasteiger partial charge in [0.15, 0.2) is 0 Å². The molecular weight excluding hydrogens is 292 g/mol. The molecule has 1 heterocycles. The zero-order valence-corrected chi connectivity index (χ0v) is 12.2. The molecule has 0 spiro atoms. The number of aromatic nitrogens is 2. The van der Waals surface area contributed by atoms with E-state index in [0.29, 0.717) is 0 Å². The molecule has 18 heavy (non-hydrogen) atoms. The molecule has 0 atom stereocenters. The van der Waals surface area contributed by atoms with E-state index in [2.05, 4.69) is 32.9 Å². The second-order valence-electron chi connectivity index (χ2n) is 4.66. The Bertz CT molecular complexity index is 458. The van der Waals surface area contributed by atoms with Gasteiger partial charge in [-0.3, -0.25) is 9.67 Å². The van der Waals surface area contributed by atoms with Gasteiger partial charge in [0.25, 0.3) is 0 Å². The van der Waals surface area contributed by atoms with Crippen molar-refractivity contribution < 1.29 is 0 Å². The fraction of sp³-hybridized carbons (Fsp3) is 0.538. The number of aliphatic imine (C=N–C) groups is 1. The summed E-state index contributed by atoms with van der Waals surface area (Å²) >= 11 is 3.47. The Hall–Kier alpha value is -1.10. The van der Waals surface area contributed by atoms with E-state index < -0.39 is 0 Å². The average molecular weight is 311 g/mol. The Morgan fingerprint density at radius 1 is 1.67 bits per heavy atom. The molecule has 0 aliphatic heterocycles. The lowest BCUT2D eigenvalue weighted by atomic mass is 10.1. The minimum absolute atomic E-state index is 0.769. The van der Waals surface area contributed by atoms with Crippen LogP contribution in [0.5, 0.6) is 0 Å². The van der Waals surface area contributed by atoms with Crippen LogP contribution in [0.2, 0.25) is 0 Å². The van der Waals surface area contributed by atoms with Crippen LogP contribution in [0.15, 0.2) is 27.6 Å². The molecule has 0 unspecified atom stereocenters. The molecule has 98 valence electrons. The molecule has 5 heteroatoms. The van der Waals surface area contributed by atoms with E-state index >= 15 is 0 Å². The second kappa shape index (κ2) is 6.18. The van der Waals surface area contributed by atoms with E-state index in [1.54, 1.807) is 6.20 Å². The molecule has 1 aromatic rings. The van der Waals surface area contributed by atoms with Crippen LogP contribution in [-0.2, 0) is 13.0 Å². The SMILES string of the molecule is CCn1cc(CC(C=NCC2CC2)=CN)c(Br)n1. The number of aryl methyl sites for hydroxylation is 1. The van der Waals surface area contributed by atoms with Crippen molar-refractivity contribution in [2.24, 2.45) is 16.6 Å². The van der Waals surface area contributed by atoms with Gasteiger partial charge in [-0.25, -0.2) is 0 Å². The van der Waals surface area contributed by atoms with Gasteiger partial charge in [0.2, 0.25) is 0 Å². The maximum absolute atomic E-state index is 5.65. The van der Waals surface area contributed by atoms with Crippen LogP contribution >= 0.6 is 15.9 Å². The lowest BCUT2D eigenvalue weighted by molar-refractivity contribution is 0.655. The molecule has 0 aromatic carbocycles. The summed E-state index contributed by atoms with van der Waals surface area (Å²) in [5, 5.41) is 4.36. The normalized spacial score (nSPS) is 16.7. The molecule has 1 saturated carbocycles. The second-order valence-corrected chi connectivity index (χ2v) is 5.41. The lowest BCUT2D eigenvalue weighted by Crippen LogP contribution is -1.97. The Labute approximate surface area is 116 Å². The summed E-state index contributed by atoms with van der Waals surface area (Å²) in [7, 11) is 0. The van der Waals surface area contributed by atoms with Gasteiger partial charge in [0.05, 0.1) is 0 Å². The van der Waals surface area contributed by atoms with E-state index in [1.807, 2.05) is 17.1 Å². The predicted molar refractivity (Wildman–Crippen MR) is 77.7 cm³/mol. The monoisotopic (exact) mass is 310 g/mol. The summed E-state index contributed by atoms with van der Waals surface area (Å²) in [5.41, 5.74) is 7.83. The topological polar surface area (TPSA) is 56.2 Å². The van der Waals surface area contributed by atoms with Gasteiger partial charge in [0, 0.05) is 37.5 Å². The average Bonchev–Trinajstić information content (AvgIpc) is 3.12. The number of nitrogens with zero attached hydrogens (tertiary/aromatic N) is 3. The number of halogens is 1. The van der Waals surface area contributed by atoms with E-state index in [0.717, 1.165) is 41.2 Å². The molecule has 0 saturated heterocycles. The zero-order chi connectivity index (χ0) is 13.0. The summed E-state index contributed by atoms with van der Waals surface area (Å²) in [6.45, 7) is 3.88. The number of rotatable bonds is 6. The molecule has 0 bridgehead atoms. The first kappa shape index (κ1) is 13.3. The Balaban J connectivity index is 1.95. The molecule has 1 aliphatic carbocycles. The standard InChI is InChI=1S/C13H19BrN4/c1-2-18-9-12(13(14)17-18)5-11(6-15)8-16-7-10-3-4-10/h6,8-10H,2-5,7,15H2,1H3. The van der Waals surface area contributed by atoms with Crippen molar-refractivity contribution in [2.75, 3.05) is 6.54 Å². The third-order valence-electron chi connectivity index (χ3n) is 3.04. The fourth-order valence-corrected chi connectivity index (χ4v) is 2.15. The lowest BCUT2D eigenvalue weighted by Gasteiger charge is -1.99. The molecule has 0 radical (unpaired) electrons. The van der Waals surface area contributed by atoms with Crippen molar-refractivity contribution in [3.63, 3.8) is 0 Å². The quantitative estimate of drug-likeness (QED) is 0.821. The highest BCUT2D eigenvalue weighted by atomic mass is 79.9. The molecule has 4 nitrogen and oxygen atoms in total. The summed E-state index contributed by atoms with van der Waals surface area (Å²) < 4.78 is 2.80. The minimum atomic E-state index is 0.769. The summed E-state index contributed by atoms with van der Waals surface area (Å²) in [6, 6.07) is 0. The van der Waals surface area contributed by atoms with Crippen molar-refractivity contribution in [3.05, 3.63) is 28.1 Å². The maximum atomic E-state index is 5.65. The van der Waals surface area contributed by atoms with Gasteiger partial charge >= 0.3 is 0 Å². The van der Waals surface area contributed by atoms with Gasteiger partial charge in [-0.15, -0.1) is 0 Å². The van der Waals surface area contributed by atoms with Crippen molar-refractivity contribution in [2.45, 2.75) is 32.7 Å². The van der Waals surface area contributed by atoms with Crippen molar-refractivity contribution in [1.82, 2.24) is 9.78 Å². The fourth-order valence-electron chi connectivity index (χ4n) is 1.71. The van der Waals surface area contributed by atoms with Gasteiger partial charge in [-0.2, -0.15) is 5.10 Å². The summed E-state index contributed by atoms with van der Waals surface area (Å²) in [6.07, 6.45) is 9.00. The summed E-state index contributed by atoms with van der Waals surface area (Å²) in [5.74, 6) is 0.815. The van der Waals surface area contributed by atoms with Gasteiger partial charge < -0.3 is 5.73 Å². The van der Waals surface area contributed by atoms with Crippen LogP contribution in [0.3, 0.4) is 0 Å². The van der Waals surface area contributed by atoms with Crippen LogP contribution in [0.1, 0.15) is 25.3 Å². The van der Waals surface area contributed by atoms with E-state index in [4.69, 9.17) is 5.73 Å². The summed E-state index contributed by atoms with van der Waals surface area (Å²) in [4.78, 5) is 4.44. The van der Waals surface area contributed by atoms with Crippen LogP contribution < -0.4 is 5.73 Å². The van der Waals surface area contributed by atoms with Gasteiger partial charge in [-0.1, -0.05) is 0 Å². The predicted octanol–water partition coefficient (Wildman–Crippen LogP) is 2.53. The van der Waals surface area contributed by atoms with Gasteiger partial charge in [-0.05, 0) is 53.4 Å². The van der Waals surface area contributed by atoms with Crippen LogP contribution in [0.25, 0.3) is 0 Å². The van der Waals surface area contributed by atoms with Crippen molar-refractivity contribution in [3.8, 4) is 0 Å². The van der Waals surface area contributed by atoms with E-state index in [-0.39, 0.29) is 0 Å². The van der Waals surface area contributed by atoms with Gasteiger partial charge in [0.1, 0.15) is 4.60 Å². The number of hydrogen-bond acceptors (Lipinski definition) is 3. The van der Waals surface area contributed by atoms with Crippen LogP contribution in [-0.4, -0.2) is 22.5 Å². The molecule has 0 amide bonds. The largest absolute Gasteiger partial charge is 0.404 e. The van der Waals surface area contributed by atoms with Crippen molar-refractivity contribution in [1.29, 1.82) is 0 Å². The zero-order valence-electron chi connectivity index (χ0n) is 10.6. The molecule has 2 N–H and O–H groups in total. The first-order chi connectivity index (χ1) is 8.72. The maximum Gasteiger partial charge on any atom is 0.131 e. The Kier molecular flexibility index (Phi) is 4.58. The smallest absolute Gasteiger partial charge is 0.131 e.